The monoisotopic (exact) mass is 538 g/mol. The zero-order valence-electron chi connectivity index (χ0n) is 22.6. The van der Waals surface area contributed by atoms with Crippen molar-refractivity contribution in [2.45, 2.75) is 13.0 Å². The molecule has 3 aromatic heterocycles. The maximum Gasteiger partial charge on any atom is 0.127 e. The molecule has 204 valence electrons. The van der Waals surface area contributed by atoms with Crippen molar-refractivity contribution in [3.8, 4) is 17.2 Å². The fourth-order valence-corrected chi connectivity index (χ4v) is 4.97. The van der Waals surface area contributed by atoms with Crippen molar-refractivity contribution >= 4 is 17.8 Å². The third-order valence-corrected chi connectivity index (χ3v) is 7.22. The molecule has 0 aliphatic carbocycles. The molecule has 1 fully saturated rings. The van der Waals surface area contributed by atoms with Crippen LogP contribution >= 0.6 is 0 Å². The van der Waals surface area contributed by atoms with Crippen LogP contribution in [0.4, 0.5) is 4.39 Å². The molecular weight excluding hydrogens is 507 g/mol. The molecule has 40 heavy (non-hydrogen) atoms. The van der Waals surface area contributed by atoms with Crippen LogP contribution in [0.2, 0.25) is 0 Å². The SMILES string of the molecule is C=N/C(=C\C=C(/C)c1cc(-c2cnn(C)c2)cn2ncc(C#N)c12)N1CCN(CC(O)c2ccc(F)cc2)CC1. The molecule has 4 heterocycles. The standard InChI is InChI=1S/C30H31FN8O/c1-21(27-14-23(25-17-34-36(3)18-25)19-39-30(27)24(15-32)16-35-39)4-9-29(33-2)38-12-10-37(11-13-38)20-28(40)22-5-7-26(31)8-6-22/h4-9,14,16-19,28,40H,2,10-13,20H2,1,3H3/b21-4+,29-9+. The number of aryl methyl sites for hydroxylation is 1. The number of aliphatic hydroxyl groups is 1. The molecule has 1 aliphatic rings. The van der Waals surface area contributed by atoms with Crippen LogP contribution in [0, 0.1) is 17.1 Å². The molecular formula is C30H31FN8O. The topological polar surface area (TPSA) is 98.0 Å². The molecule has 1 N–H and O–H groups in total. The van der Waals surface area contributed by atoms with E-state index < -0.39 is 6.10 Å². The highest BCUT2D eigenvalue weighted by molar-refractivity contribution is 5.84. The van der Waals surface area contributed by atoms with Crippen LogP contribution < -0.4 is 0 Å². The summed E-state index contributed by atoms with van der Waals surface area (Å²) < 4.78 is 16.7. The molecule has 4 aromatic rings. The molecule has 0 spiro atoms. The fourth-order valence-electron chi connectivity index (χ4n) is 4.97. The van der Waals surface area contributed by atoms with Gasteiger partial charge in [-0.1, -0.05) is 18.2 Å². The first-order valence-electron chi connectivity index (χ1n) is 13.0. The van der Waals surface area contributed by atoms with E-state index in [-0.39, 0.29) is 5.82 Å². The summed E-state index contributed by atoms with van der Waals surface area (Å²) in [4.78, 5) is 8.64. The summed E-state index contributed by atoms with van der Waals surface area (Å²) in [5, 5.41) is 29.0. The zero-order chi connectivity index (χ0) is 28.2. The van der Waals surface area contributed by atoms with Gasteiger partial charge >= 0.3 is 0 Å². The number of aromatic nitrogens is 4. The van der Waals surface area contributed by atoms with E-state index >= 15 is 0 Å². The molecule has 1 atom stereocenters. The van der Waals surface area contributed by atoms with E-state index in [2.05, 4.69) is 43.8 Å². The number of hydrogen-bond donors (Lipinski definition) is 1. The largest absolute Gasteiger partial charge is 0.387 e. The lowest BCUT2D eigenvalue weighted by Gasteiger charge is -2.36. The van der Waals surface area contributed by atoms with Crippen LogP contribution in [-0.2, 0) is 7.05 Å². The van der Waals surface area contributed by atoms with E-state index in [1.807, 2.05) is 38.5 Å². The molecule has 5 rings (SSSR count). The van der Waals surface area contributed by atoms with Crippen LogP contribution in [0.5, 0.6) is 0 Å². The van der Waals surface area contributed by atoms with E-state index in [0.29, 0.717) is 17.7 Å². The summed E-state index contributed by atoms with van der Waals surface area (Å²) in [5.41, 5.74) is 5.71. The second kappa shape index (κ2) is 11.7. The number of β-amino-alcohol motifs (C(OH)–C–C–N with tert-alkyl or cyclic N) is 1. The lowest BCUT2D eigenvalue weighted by molar-refractivity contribution is 0.0821. The number of piperazine rings is 1. The van der Waals surface area contributed by atoms with Gasteiger partial charge in [0.1, 0.15) is 17.7 Å². The Morgan fingerprint density at radius 2 is 1.88 bits per heavy atom. The number of benzene rings is 1. The molecule has 1 unspecified atom stereocenters. The van der Waals surface area contributed by atoms with Gasteiger partial charge in [0.15, 0.2) is 0 Å². The van der Waals surface area contributed by atoms with Crippen molar-refractivity contribution in [1.29, 1.82) is 5.26 Å². The van der Waals surface area contributed by atoms with E-state index in [4.69, 9.17) is 0 Å². The van der Waals surface area contributed by atoms with E-state index in [0.717, 1.165) is 59.8 Å². The Labute approximate surface area is 232 Å². The van der Waals surface area contributed by atoms with E-state index in [1.165, 1.54) is 12.1 Å². The average molecular weight is 539 g/mol. The minimum absolute atomic E-state index is 0.314. The van der Waals surface area contributed by atoms with Gasteiger partial charge in [-0.25, -0.2) is 13.9 Å². The molecule has 0 saturated carbocycles. The first-order chi connectivity index (χ1) is 19.4. The molecule has 1 aromatic carbocycles. The maximum atomic E-state index is 13.2. The van der Waals surface area contributed by atoms with Crippen LogP contribution in [0.1, 0.15) is 29.7 Å². The number of fused-ring (bicyclic) bond motifs is 1. The zero-order valence-corrected chi connectivity index (χ0v) is 22.6. The number of aliphatic imine (C=N–C) groups is 1. The van der Waals surface area contributed by atoms with Crippen molar-refractivity contribution in [2.24, 2.45) is 12.0 Å². The number of pyridine rings is 1. The van der Waals surface area contributed by atoms with E-state index in [9.17, 15) is 14.8 Å². The molecule has 1 aliphatic heterocycles. The van der Waals surface area contributed by atoms with Crippen LogP contribution in [0.3, 0.4) is 0 Å². The summed E-state index contributed by atoms with van der Waals surface area (Å²) in [6, 6.07) is 10.3. The Morgan fingerprint density at radius 1 is 1.12 bits per heavy atom. The first-order valence-corrected chi connectivity index (χ1v) is 13.0. The Balaban J connectivity index is 1.33. The number of aliphatic hydroxyl groups excluding tert-OH is 1. The summed E-state index contributed by atoms with van der Waals surface area (Å²) >= 11 is 0. The highest BCUT2D eigenvalue weighted by Crippen LogP contribution is 2.29. The first kappa shape index (κ1) is 27.0. The highest BCUT2D eigenvalue weighted by Gasteiger charge is 2.21. The van der Waals surface area contributed by atoms with Gasteiger partial charge in [-0.2, -0.15) is 15.5 Å². The second-order valence-electron chi connectivity index (χ2n) is 9.90. The smallest absolute Gasteiger partial charge is 0.127 e. The Bertz CT molecular complexity index is 1620. The molecule has 1 saturated heterocycles. The lowest BCUT2D eigenvalue weighted by atomic mass is 10.0. The summed E-state index contributed by atoms with van der Waals surface area (Å²) in [7, 11) is 1.87. The quantitative estimate of drug-likeness (QED) is 0.269. The van der Waals surface area contributed by atoms with Crippen LogP contribution in [-0.4, -0.2) is 73.7 Å². The third kappa shape index (κ3) is 5.71. The maximum absolute atomic E-state index is 13.2. The highest BCUT2D eigenvalue weighted by atomic mass is 19.1. The number of rotatable bonds is 8. The molecule has 10 heteroatoms. The summed E-state index contributed by atoms with van der Waals surface area (Å²) in [5.74, 6) is 0.443. The van der Waals surface area contributed by atoms with Crippen molar-refractivity contribution in [1.82, 2.24) is 29.2 Å². The Kier molecular flexibility index (Phi) is 7.86. The molecule has 9 nitrogen and oxygen atoms in total. The van der Waals surface area contributed by atoms with Crippen molar-refractivity contribution in [2.75, 3.05) is 32.7 Å². The molecule has 0 bridgehead atoms. The number of nitrogens with zero attached hydrogens (tertiary/aromatic N) is 8. The van der Waals surface area contributed by atoms with Crippen LogP contribution in [0.15, 0.2) is 78.1 Å². The average Bonchev–Trinajstić information content (AvgIpc) is 3.59. The second-order valence-corrected chi connectivity index (χ2v) is 9.90. The summed E-state index contributed by atoms with van der Waals surface area (Å²) in [6.45, 7) is 9.24. The van der Waals surface area contributed by atoms with Gasteiger partial charge in [-0.05, 0) is 49.1 Å². The fraction of sp³-hybridized carbons (Fsp3) is 0.267. The summed E-state index contributed by atoms with van der Waals surface area (Å²) in [6.07, 6.45) is 10.5. The van der Waals surface area contributed by atoms with Gasteiger partial charge in [-0.15, -0.1) is 0 Å². The van der Waals surface area contributed by atoms with Crippen LogP contribution in [0.25, 0.3) is 22.2 Å². The Hall–Kier alpha value is -4.59. The van der Waals surface area contributed by atoms with E-state index in [1.54, 1.807) is 33.7 Å². The van der Waals surface area contributed by atoms with Gasteiger partial charge in [0.25, 0.3) is 0 Å². The van der Waals surface area contributed by atoms with Gasteiger partial charge in [0.05, 0.1) is 29.6 Å². The van der Waals surface area contributed by atoms with Crippen molar-refractivity contribution in [3.63, 3.8) is 0 Å². The van der Waals surface area contributed by atoms with Gasteiger partial charge in [0, 0.05) is 68.9 Å². The lowest BCUT2D eigenvalue weighted by Crippen LogP contribution is -2.46. The third-order valence-electron chi connectivity index (χ3n) is 7.22. The number of allylic oxidation sites excluding steroid dienone is 3. The van der Waals surface area contributed by atoms with Gasteiger partial charge < -0.3 is 10.0 Å². The van der Waals surface area contributed by atoms with Crippen molar-refractivity contribution < 1.29 is 9.50 Å². The van der Waals surface area contributed by atoms with Gasteiger partial charge in [0.2, 0.25) is 0 Å². The predicted molar refractivity (Wildman–Crippen MR) is 153 cm³/mol. The Morgan fingerprint density at radius 3 is 2.52 bits per heavy atom. The minimum Gasteiger partial charge on any atom is -0.387 e. The number of halogens is 1. The van der Waals surface area contributed by atoms with Crippen molar-refractivity contribution in [3.05, 3.63) is 95.6 Å². The molecule has 0 amide bonds. The predicted octanol–water partition coefficient (Wildman–Crippen LogP) is 4.04. The number of hydrogen-bond acceptors (Lipinski definition) is 7. The van der Waals surface area contributed by atoms with Gasteiger partial charge in [-0.3, -0.25) is 9.58 Å². The number of nitriles is 1. The minimum atomic E-state index is -0.675. The molecule has 0 radical (unpaired) electrons. The normalized spacial score (nSPS) is 15.8.